The first kappa shape index (κ1) is 20.4. The van der Waals surface area contributed by atoms with Gasteiger partial charge in [0.15, 0.2) is 0 Å². The lowest BCUT2D eigenvalue weighted by Gasteiger charge is -2.11. The molecule has 0 bridgehead atoms. The minimum absolute atomic E-state index is 1.03. The zero-order chi connectivity index (χ0) is 19.6. The Morgan fingerprint density at radius 1 is 0.464 bits per heavy atom. The van der Waals surface area contributed by atoms with Gasteiger partial charge in [-0.3, -0.25) is 0 Å². The summed E-state index contributed by atoms with van der Waals surface area (Å²) in [6.45, 7) is 4.53. The van der Waals surface area contributed by atoms with Gasteiger partial charge in [-0.25, -0.2) is 0 Å². The quantitative estimate of drug-likeness (QED) is 0.345. The van der Waals surface area contributed by atoms with Crippen LogP contribution in [0.1, 0.15) is 72.9 Å². The predicted octanol–water partition coefficient (Wildman–Crippen LogP) is 7.55. The Morgan fingerprint density at radius 2 is 0.821 bits per heavy atom. The average molecular weight is 371 g/mol. The Labute approximate surface area is 171 Å². The molecule has 3 aromatic rings. The van der Waals surface area contributed by atoms with E-state index in [1.54, 1.807) is 0 Å². The number of unbranched alkanes of at least 4 members (excludes halogenated alkanes) is 2. The number of hydrogen-bond donors (Lipinski definition) is 0. The van der Waals surface area contributed by atoms with E-state index in [-0.39, 0.29) is 0 Å². The highest BCUT2D eigenvalue weighted by molar-refractivity contribution is 5.37. The molecular weight excluding hydrogens is 336 g/mol. The summed E-state index contributed by atoms with van der Waals surface area (Å²) in [7, 11) is 0. The van der Waals surface area contributed by atoms with E-state index < -0.39 is 0 Å². The van der Waals surface area contributed by atoms with Crippen LogP contribution in [0.4, 0.5) is 0 Å². The zero-order valence-corrected chi connectivity index (χ0v) is 17.6. The fourth-order valence-electron chi connectivity index (χ4n) is 3.90. The van der Waals surface area contributed by atoms with Crippen LogP contribution in [0, 0.1) is 0 Å². The van der Waals surface area contributed by atoms with Gasteiger partial charge in [0, 0.05) is 0 Å². The molecule has 0 heteroatoms. The van der Waals surface area contributed by atoms with E-state index >= 15 is 0 Å². The summed E-state index contributed by atoms with van der Waals surface area (Å²) in [4.78, 5) is 0. The highest BCUT2D eigenvalue weighted by Gasteiger charge is 2.05. The SMILES string of the molecule is CCCCc1ccccc1Cc1ccc(Cc2ccccc2CCCC)cc1. The first-order valence-electron chi connectivity index (χ1n) is 11.0. The molecule has 0 aromatic heterocycles. The lowest BCUT2D eigenvalue weighted by molar-refractivity contribution is 0.788. The minimum atomic E-state index is 1.03. The Balaban J connectivity index is 1.68. The van der Waals surface area contributed by atoms with Crippen molar-refractivity contribution >= 4 is 0 Å². The molecule has 0 amide bonds. The third-order valence-electron chi connectivity index (χ3n) is 5.65. The highest BCUT2D eigenvalue weighted by atomic mass is 14.1. The summed E-state index contributed by atoms with van der Waals surface area (Å²) in [5.41, 5.74) is 8.80. The summed E-state index contributed by atoms with van der Waals surface area (Å²) in [6.07, 6.45) is 9.51. The Morgan fingerprint density at radius 3 is 1.18 bits per heavy atom. The van der Waals surface area contributed by atoms with Gasteiger partial charge in [-0.05, 0) is 71.9 Å². The number of benzene rings is 3. The fourth-order valence-corrected chi connectivity index (χ4v) is 3.90. The summed E-state index contributed by atoms with van der Waals surface area (Å²) in [5.74, 6) is 0. The van der Waals surface area contributed by atoms with Crippen LogP contribution in [-0.2, 0) is 25.7 Å². The van der Waals surface area contributed by atoms with E-state index in [0.29, 0.717) is 0 Å². The molecule has 146 valence electrons. The van der Waals surface area contributed by atoms with Gasteiger partial charge in [0.05, 0.1) is 0 Å². The average Bonchev–Trinajstić information content (AvgIpc) is 2.74. The molecule has 0 saturated carbocycles. The summed E-state index contributed by atoms with van der Waals surface area (Å²) in [5, 5.41) is 0. The van der Waals surface area contributed by atoms with Gasteiger partial charge in [0.25, 0.3) is 0 Å². The van der Waals surface area contributed by atoms with Gasteiger partial charge in [0.2, 0.25) is 0 Å². The van der Waals surface area contributed by atoms with Crippen molar-refractivity contribution in [1.29, 1.82) is 0 Å². The van der Waals surface area contributed by atoms with E-state index in [2.05, 4.69) is 86.6 Å². The molecule has 0 atom stereocenters. The molecule has 0 aliphatic heterocycles. The van der Waals surface area contributed by atoms with E-state index in [4.69, 9.17) is 0 Å². The largest absolute Gasteiger partial charge is 0.0654 e. The van der Waals surface area contributed by atoms with E-state index in [1.165, 1.54) is 71.9 Å². The van der Waals surface area contributed by atoms with Gasteiger partial charge in [-0.2, -0.15) is 0 Å². The molecule has 0 unspecified atom stereocenters. The van der Waals surface area contributed by atoms with E-state index in [0.717, 1.165) is 12.8 Å². The normalized spacial score (nSPS) is 10.9. The van der Waals surface area contributed by atoms with Crippen molar-refractivity contribution in [3.63, 3.8) is 0 Å². The van der Waals surface area contributed by atoms with Crippen LogP contribution in [0.3, 0.4) is 0 Å². The first-order chi connectivity index (χ1) is 13.8. The molecule has 0 heterocycles. The van der Waals surface area contributed by atoms with Crippen molar-refractivity contribution in [3.05, 3.63) is 106 Å². The minimum Gasteiger partial charge on any atom is -0.0654 e. The molecule has 3 rings (SSSR count). The lowest BCUT2D eigenvalue weighted by atomic mass is 9.94. The predicted molar refractivity (Wildman–Crippen MR) is 122 cm³/mol. The zero-order valence-electron chi connectivity index (χ0n) is 17.6. The molecular formula is C28H34. The summed E-state index contributed by atoms with van der Waals surface area (Å²) in [6, 6.07) is 27.2. The van der Waals surface area contributed by atoms with Crippen LogP contribution in [0.25, 0.3) is 0 Å². The molecule has 0 aliphatic rings. The van der Waals surface area contributed by atoms with Crippen molar-refractivity contribution in [3.8, 4) is 0 Å². The van der Waals surface area contributed by atoms with Crippen molar-refractivity contribution in [1.82, 2.24) is 0 Å². The first-order valence-corrected chi connectivity index (χ1v) is 11.0. The third kappa shape index (κ3) is 5.83. The van der Waals surface area contributed by atoms with Crippen LogP contribution < -0.4 is 0 Å². The Hall–Kier alpha value is -2.34. The number of hydrogen-bond acceptors (Lipinski definition) is 0. The smallest absolute Gasteiger partial charge is 0.00230 e. The maximum Gasteiger partial charge on any atom is -0.00230 e. The van der Waals surface area contributed by atoms with Gasteiger partial charge in [-0.1, -0.05) is 99.5 Å². The van der Waals surface area contributed by atoms with Gasteiger partial charge in [-0.15, -0.1) is 0 Å². The molecule has 0 radical (unpaired) electrons. The van der Waals surface area contributed by atoms with Crippen molar-refractivity contribution in [2.75, 3.05) is 0 Å². The second-order valence-corrected chi connectivity index (χ2v) is 7.91. The molecule has 3 aromatic carbocycles. The molecule has 0 saturated heterocycles. The summed E-state index contributed by atoms with van der Waals surface area (Å²) >= 11 is 0. The monoisotopic (exact) mass is 370 g/mol. The highest BCUT2D eigenvalue weighted by Crippen LogP contribution is 2.20. The Kier molecular flexibility index (Phi) is 7.91. The van der Waals surface area contributed by atoms with Gasteiger partial charge >= 0.3 is 0 Å². The second kappa shape index (κ2) is 10.9. The van der Waals surface area contributed by atoms with Gasteiger partial charge in [0.1, 0.15) is 0 Å². The maximum atomic E-state index is 2.32. The number of rotatable bonds is 10. The standard InChI is InChI=1S/C28H34/c1-3-5-11-25-13-7-9-15-27(25)21-23-17-19-24(20-18-23)22-28-16-10-8-14-26(28)12-6-4-2/h7-10,13-20H,3-6,11-12,21-22H2,1-2H3. The topological polar surface area (TPSA) is 0 Å². The third-order valence-corrected chi connectivity index (χ3v) is 5.65. The Bertz CT molecular complexity index is 769. The molecule has 28 heavy (non-hydrogen) atoms. The molecule has 0 aliphatic carbocycles. The molecule has 0 N–H and O–H groups in total. The van der Waals surface area contributed by atoms with Crippen molar-refractivity contribution in [2.45, 2.75) is 65.2 Å². The van der Waals surface area contributed by atoms with Crippen LogP contribution in [0.5, 0.6) is 0 Å². The maximum absolute atomic E-state index is 2.32. The van der Waals surface area contributed by atoms with Crippen LogP contribution in [0.2, 0.25) is 0 Å². The number of aryl methyl sites for hydroxylation is 2. The van der Waals surface area contributed by atoms with Crippen LogP contribution >= 0.6 is 0 Å². The van der Waals surface area contributed by atoms with Crippen LogP contribution in [-0.4, -0.2) is 0 Å². The van der Waals surface area contributed by atoms with E-state index in [9.17, 15) is 0 Å². The summed E-state index contributed by atoms with van der Waals surface area (Å²) < 4.78 is 0. The van der Waals surface area contributed by atoms with Gasteiger partial charge < -0.3 is 0 Å². The van der Waals surface area contributed by atoms with Crippen LogP contribution in [0.15, 0.2) is 72.8 Å². The molecule has 0 fully saturated rings. The molecule has 0 nitrogen and oxygen atoms in total. The van der Waals surface area contributed by atoms with E-state index in [1.807, 2.05) is 0 Å². The van der Waals surface area contributed by atoms with Crippen molar-refractivity contribution in [2.24, 2.45) is 0 Å². The lowest BCUT2D eigenvalue weighted by Crippen LogP contribution is -1.98. The fraction of sp³-hybridized carbons (Fsp3) is 0.357. The molecule has 0 spiro atoms. The van der Waals surface area contributed by atoms with Crippen molar-refractivity contribution < 1.29 is 0 Å². The second-order valence-electron chi connectivity index (χ2n) is 7.91.